The lowest BCUT2D eigenvalue weighted by Crippen LogP contribution is -2.63. The monoisotopic (exact) mass is 376 g/mol. The molecule has 2 unspecified atom stereocenters. The van der Waals surface area contributed by atoms with Gasteiger partial charge in [-0.25, -0.2) is 4.79 Å². The van der Waals surface area contributed by atoms with Gasteiger partial charge in [-0.15, -0.1) is 0 Å². The molecule has 146 valence electrons. The predicted molar refractivity (Wildman–Crippen MR) is 96.9 cm³/mol. The molecule has 0 aromatic heterocycles. The lowest BCUT2D eigenvalue weighted by molar-refractivity contribution is -0.128. The Morgan fingerprint density at radius 1 is 1.33 bits per heavy atom. The summed E-state index contributed by atoms with van der Waals surface area (Å²) in [6.45, 7) is 2.79. The van der Waals surface area contributed by atoms with Gasteiger partial charge in [-0.1, -0.05) is 6.07 Å². The maximum absolute atomic E-state index is 12.4. The highest BCUT2D eigenvalue weighted by molar-refractivity contribution is 5.95. The maximum atomic E-state index is 12.4. The van der Waals surface area contributed by atoms with Crippen molar-refractivity contribution in [3.63, 3.8) is 0 Å². The lowest BCUT2D eigenvalue weighted by atomic mass is 10.1. The zero-order valence-corrected chi connectivity index (χ0v) is 15.2. The number of benzene rings is 1. The average Bonchev–Trinajstić information content (AvgIpc) is 2.67. The van der Waals surface area contributed by atoms with Gasteiger partial charge < -0.3 is 20.1 Å². The summed E-state index contributed by atoms with van der Waals surface area (Å²) in [5, 5.41) is 8.86. The normalized spacial score (nSPS) is 23.4. The third kappa shape index (κ3) is 5.25. The fraction of sp³-hybridized carbons (Fsp3) is 0.500. The van der Waals surface area contributed by atoms with Gasteiger partial charge in [-0.05, 0) is 18.2 Å². The minimum absolute atomic E-state index is 0.0784. The molecule has 27 heavy (non-hydrogen) atoms. The summed E-state index contributed by atoms with van der Waals surface area (Å²) < 4.78 is 10.0. The number of anilines is 1. The summed E-state index contributed by atoms with van der Waals surface area (Å²) in [7, 11) is 1.30. The van der Waals surface area contributed by atoms with Crippen molar-refractivity contribution < 1.29 is 23.9 Å². The largest absolute Gasteiger partial charge is 0.465 e. The van der Waals surface area contributed by atoms with Crippen molar-refractivity contribution in [2.45, 2.75) is 25.2 Å². The van der Waals surface area contributed by atoms with Crippen LogP contribution in [0.2, 0.25) is 0 Å². The number of carbonyl (C=O) groups excluding carboxylic acids is 3. The summed E-state index contributed by atoms with van der Waals surface area (Å²) in [6, 6.07) is 6.51. The summed E-state index contributed by atoms with van der Waals surface area (Å²) in [4.78, 5) is 38.1. The van der Waals surface area contributed by atoms with Crippen molar-refractivity contribution in [3.05, 3.63) is 29.8 Å². The van der Waals surface area contributed by atoms with E-state index in [-0.39, 0.29) is 24.4 Å². The molecular weight excluding hydrogens is 352 g/mol. The van der Waals surface area contributed by atoms with Crippen molar-refractivity contribution in [3.8, 4) is 0 Å². The Morgan fingerprint density at radius 2 is 2.11 bits per heavy atom. The fourth-order valence-corrected chi connectivity index (χ4v) is 3.23. The van der Waals surface area contributed by atoms with E-state index in [0.717, 1.165) is 13.1 Å². The zero-order valence-electron chi connectivity index (χ0n) is 15.2. The number of esters is 1. The van der Waals surface area contributed by atoms with Crippen LogP contribution < -0.4 is 16.0 Å². The molecule has 3 N–H and O–H groups in total. The number of ether oxygens (including phenoxy) is 2. The van der Waals surface area contributed by atoms with Crippen LogP contribution in [0.5, 0.6) is 0 Å². The number of hydrogen-bond donors (Lipinski definition) is 3. The Morgan fingerprint density at radius 3 is 2.85 bits per heavy atom. The molecule has 2 fully saturated rings. The third-order valence-electron chi connectivity index (χ3n) is 4.55. The molecule has 2 atom stereocenters. The number of methoxy groups -OCH3 is 1. The molecule has 2 aliphatic heterocycles. The second kappa shape index (κ2) is 8.94. The van der Waals surface area contributed by atoms with Crippen molar-refractivity contribution in [2.24, 2.45) is 0 Å². The van der Waals surface area contributed by atoms with Gasteiger partial charge in [-0.3, -0.25) is 19.8 Å². The highest BCUT2D eigenvalue weighted by Gasteiger charge is 2.31. The Balaban J connectivity index is 1.56. The minimum Gasteiger partial charge on any atom is -0.465 e. The van der Waals surface area contributed by atoms with E-state index < -0.39 is 12.1 Å². The quantitative estimate of drug-likeness (QED) is 0.616. The lowest BCUT2D eigenvalue weighted by Gasteiger charge is -2.40. The van der Waals surface area contributed by atoms with Gasteiger partial charge in [0.25, 0.3) is 0 Å². The molecule has 0 saturated carbocycles. The number of carbonyl (C=O) groups is 3. The highest BCUT2D eigenvalue weighted by atomic mass is 16.5. The molecule has 3 rings (SSSR count). The van der Waals surface area contributed by atoms with Crippen LogP contribution in [0, 0.1) is 0 Å². The molecule has 2 heterocycles. The van der Waals surface area contributed by atoms with Crippen LogP contribution in [-0.4, -0.2) is 68.4 Å². The molecule has 2 saturated heterocycles. The van der Waals surface area contributed by atoms with Crippen molar-refractivity contribution in [1.82, 2.24) is 15.5 Å². The van der Waals surface area contributed by atoms with E-state index in [1.54, 1.807) is 24.3 Å². The van der Waals surface area contributed by atoms with E-state index in [4.69, 9.17) is 4.74 Å². The number of rotatable bonds is 5. The van der Waals surface area contributed by atoms with Gasteiger partial charge in [0, 0.05) is 18.8 Å². The van der Waals surface area contributed by atoms with Crippen molar-refractivity contribution in [1.29, 1.82) is 0 Å². The Labute approximate surface area is 157 Å². The first-order valence-corrected chi connectivity index (χ1v) is 8.90. The maximum Gasteiger partial charge on any atom is 0.337 e. The molecular formula is C18H24N4O5. The summed E-state index contributed by atoms with van der Waals surface area (Å²) >= 11 is 0. The smallest absolute Gasteiger partial charge is 0.337 e. The van der Waals surface area contributed by atoms with Crippen LogP contribution in [-0.2, 0) is 19.1 Å². The van der Waals surface area contributed by atoms with Crippen LogP contribution in [0.4, 0.5) is 5.69 Å². The van der Waals surface area contributed by atoms with E-state index in [9.17, 15) is 14.4 Å². The average molecular weight is 376 g/mol. The summed E-state index contributed by atoms with van der Waals surface area (Å²) in [6.07, 6.45) is -0.139. The second-order valence-electron chi connectivity index (χ2n) is 6.48. The number of morpholine rings is 1. The molecule has 9 nitrogen and oxygen atoms in total. The first-order chi connectivity index (χ1) is 13.0. The molecule has 0 bridgehead atoms. The topological polar surface area (TPSA) is 109 Å². The van der Waals surface area contributed by atoms with Gasteiger partial charge in [0.1, 0.15) is 0 Å². The van der Waals surface area contributed by atoms with Crippen LogP contribution in [0.3, 0.4) is 0 Å². The van der Waals surface area contributed by atoms with Gasteiger partial charge in [0.05, 0.1) is 51.1 Å². The molecule has 1 aromatic carbocycles. The minimum atomic E-state index is -0.472. The Hall–Kier alpha value is -2.49. The first kappa shape index (κ1) is 19.3. The van der Waals surface area contributed by atoms with Gasteiger partial charge in [0.15, 0.2) is 0 Å². The molecule has 0 radical (unpaired) electrons. The fourth-order valence-electron chi connectivity index (χ4n) is 3.23. The van der Waals surface area contributed by atoms with Gasteiger partial charge in [-0.2, -0.15) is 0 Å². The highest BCUT2D eigenvalue weighted by Crippen LogP contribution is 2.14. The van der Waals surface area contributed by atoms with Crippen LogP contribution in [0.25, 0.3) is 0 Å². The molecule has 1 aromatic rings. The van der Waals surface area contributed by atoms with Crippen molar-refractivity contribution in [2.75, 3.05) is 38.7 Å². The summed E-state index contributed by atoms with van der Waals surface area (Å²) in [5.74, 6) is -0.825. The number of nitrogens with one attached hydrogen (secondary N) is 3. The molecule has 9 heteroatoms. The third-order valence-corrected chi connectivity index (χ3v) is 4.55. The Bertz CT molecular complexity index is 705. The molecule has 0 spiro atoms. The van der Waals surface area contributed by atoms with E-state index in [1.165, 1.54) is 7.11 Å². The predicted octanol–water partition coefficient (Wildman–Crippen LogP) is -0.104. The first-order valence-electron chi connectivity index (χ1n) is 8.90. The van der Waals surface area contributed by atoms with E-state index in [0.29, 0.717) is 30.9 Å². The number of hydrogen-bond acceptors (Lipinski definition) is 7. The van der Waals surface area contributed by atoms with Gasteiger partial charge >= 0.3 is 5.97 Å². The second-order valence-corrected chi connectivity index (χ2v) is 6.48. The van der Waals surface area contributed by atoms with Crippen LogP contribution in [0.1, 0.15) is 23.2 Å². The van der Waals surface area contributed by atoms with Crippen LogP contribution >= 0.6 is 0 Å². The number of nitrogens with zero attached hydrogens (tertiary/aromatic N) is 1. The number of amides is 2. The van der Waals surface area contributed by atoms with E-state index >= 15 is 0 Å². The van der Waals surface area contributed by atoms with E-state index in [1.807, 2.05) is 0 Å². The zero-order chi connectivity index (χ0) is 19.2. The summed E-state index contributed by atoms with van der Waals surface area (Å²) in [5.41, 5.74) is 0.849. The van der Waals surface area contributed by atoms with Crippen LogP contribution in [0.15, 0.2) is 24.3 Å². The van der Waals surface area contributed by atoms with Gasteiger partial charge in [0.2, 0.25) is 11.8 Å². The van der Waals surface area contributed by atoms with Crippen molar-refractivity contribution >= 4 is 23.5 Å². The molecule has 2 aliphatic rings. The standard InChI is InChI=1S/C18H24N4O5/c1-26-18(25)12-3-2-4-13(9-12)19-16(23)10-14-20-15(11-17(24)21-14)22-5-7-27-8-6-22/h2-4,9,14-15,20H,5-8,10-11H2,1H3,(H,19,23)(H,21,24). The van der Waals surface area contributed by atoms with E-state index in [2.05, 4.69) is 25.6 Å². The Kier molecular flexibility index (Phi) is 6.38. The molecule has 2 amide bonds. The SMILES string of the molecule is COC(=O)c1cccc(NC(=O)CC2NC(=O)CC(N3CCOCC3)N2)c1. The molecule has 0 aliphatic carbocycles.